The fraction of sp³-hybridized carbons (Fsp3) is 0.231. The van der Waals surface area contributed by atoms with Gasteiger partial charge in [-0.15, -0.1) is 0 Å². The molecule has 0 fully saturated rings. The summed E-state index contributed by atoms with van der Waals surface area (Å²) >= 11 is 0. The molecule has 164 valence electrons. The largest absolute Gasteiger partial charge is 0.493 e. The van der Waals surface area contributed by atoms with Crippen LogP contribution in [0.15, 0.2) is 77.9 Å². The summed E-state index contributed by atoms with van der Waals surface area (Å²) in [6, 6.07) is 21.4. The van der Waals surface area contributed by atoms with E-state index in [1.54, 1.807) is 26.4 Å². The lowest BCUT2D eigenvalue weighted by Crippen LogP contribution is -2.26. The summed E-state index contributed by atoms with van der Waals surface area (Å²) in [5, 5.41) is 6.78. The van der Waals surface area contributed by atoms with E-state index in [1.165, 1.54) is 6.07 Å². The molecule has 0 saturated carbocycles. The van der Waals surface area contributed by atoms with Gasteiger partial charge in [-0.3, -0.25) is 5.01 Å². The summed E-state index contributed by atoms with van der Waals surface area (Å²) in [6.45, 7) is 0. The zero-order valence-corrected chi connectivity index (χ0v) is 18.1. The summed E-state index contributed by atoms with van der Waals surface area (Å²) in [5.74, 6) is 0.936. The second kappa shape index (κ2) is 9.64. The van der Waals surface area contributed by atoms with Crippen molar-refractivity contribution in [2.24, 2.45) is 5.10 Å². The van der Waals surface area contributed by atoms with Crippen molar-refractivity contribution in [3.05, 3.63) is 95.3 Å². The van der Waals surface area contributed by atoms with Gasteiger partial charge in [-0.1, -0.05) is 48.5 Å². The van der Waals surface area contributed by atoms with Crippen molar-refractivity contribution in [2.45, 2.75) is 24.9 Å². The van der Waals surface area contributed by atoms with Gasteiger partial charge < -0.3 is 14.3 Å². The smallest absolute Gasteiger partial charge is 0.161 e. The normalized spacial score (nSPS) is 16.4. The van der Waals surface area contributed by atoms with E-state index in [9.17, 15) is 9.18 Å². The number of carbonyl (C=O) groups excluding carboxylic acids is 1. The molecule has 4 rings (SSSR count). The Kier molecular flexibility index (Phi) is 6.50. The molecule has 0 bridgehead atoms. The van der Waals surface area contributed by atoms with Crippen LogP contribution < -0.4 is 9.47 Å². The second-order valence-electron chi connectivity index (χ2n) is 7.57. The molecule has 5 nitrogen and oxygen atoms in total. The minimum absolute atomic E-state index is 0.248. The Morgan fingerprint density at radius 3 is 2.44 bits per heavy atom. The zero-order valence-electron chi connectivity index (χ0n) is 18.1. The van der Waals surface area contributed by atoms with Gasteiger partial charge in [0.25, 0.3) is 0 Å². The highest BCUT2D eigenvalue weighted by molar-refractivity contribution is 6.02. The molecular weight excluding hydrogens is 407 g/mol. The van der Waals surface area contributed by atoms with Crippen LogP contribution in [0.2, 0.25) is 0 Å². The number of hydrogen-bond donors (Lipinski definition) is 0. The number of methoxy groups -OCH3 is 2. The lowest BCUT2D eigenvalue weighted by Gasteiger charge is -2.32. The number of rotatable bonds is 8. The van der Waals surface area contributed by atoms with E-state index < -0.39 is 0 Å². The first-order valence-electron chi connectivity index (χ1n) is 10.5. The Hall–Kier alpha value is -3.67. The fourth-order valence-corrected chi connectivity index (χ4v) is 4.17. The second-order valence-corrected chi connectivity index (χ2v) is 7.57. The first-order chi connectivity index (χ1) is 15.7. The molecule has 1 heterocycles. The molecule has 0 radical (unpaired) electrons. The molecule has 3 aromatic rings. The van der Waals surface area contributed by atoms with Crippen LogP contribution in [0.25, 0.3) is 0 Å². The number of benzene rings is 3. The Balaban J connectivity index is 1.80. The number of nitrogens with zero attached hydrogens (tertiary/aromatic N) is 2. The number of ether oxygens (including phenoxy) is 2. The highest BCUT2D eigenvalue weighted by Gasteiger charge is 2.35. The van der Waals surface area contributed by atoms with E-state index in [0.717, 1.165) is 23.1 Å². The van der Waals surface area contributed by atoms with E-state index in [1.807, 2.05) is 59.6 Å². The number of hydrazone groups is 1. The van der Waals surface area contributed by atoms with Crippen LogP contribution >= 0.6 is 0 Å². The Morgan fingerprint density at radius 2 is 1.75 bits per heavy atom. The lowest BCUT2D eigenvalue weighted by molar-refractivity contribution is -0.109. The molecule has 0 aliphatic carbocycles. The van der Waals surface area contributed by atoms with E-state index in [4.69, 9.17) is 14.6 Å². The average Bonchev–Trinajstić information content (AvgIpc) is 3.27. The van der Waals surface area contributed by atoms with Crippen molar-refractivity contribution in [1.29, 1.82) is 0 Å². The summed E-state index contributed by atoms with van der Waals surface area (Å²) in [5.41, 5.74) is 3.17. The van der Waals surface area contributed by atoms with Gasteiger partial charge in [-0.2, -0.15) is 5.10 Å². The summed E-state index contributed by atoms with van der Waals surface area (Å²) in [4.78, 5) is 11.6. The zero-order chi connectivity index (χ0) is 22.5. The van der Waals surface area contributed by atoms with Gasteiger partial charge in [0.15, 0.2) is 11.5 Å². The molecule has 0 N–H and O–H groups in total. The predicted molar refractivity (Wildman–Crippen MR) is 122 cm³/mol. The maximum Gasteiger partial charge on any atom is 0.161 e. The first-order valence-corrected chi connectivity index (χ1v) is 10.5. The van der Waals surface area contributed by atoms with Gasteiger partial charge in [0, 0.05) is 24.0 Å². The molecule has 0 amide bonds. The number of halogens is 1. The molecule has 6 heteroatoms. The van der Waals surface area contributed by atoms with Crippen LogP contribution in [-0.2, 0) is 4.79 Å². The average molecular weight is 432 g/mol. The highest BCUT2D eigenvalue weighted by Crippen LogP contribution is 2.41. The standard InChI is InChI=1S/C26H25FN2O3/c1-31-25-13-12-19(16-26(25)32-2)22-17-24(20-10-6-7-11-21(20)27)29(28-22)23(14-15-30)18-8-4-3-5-9-18/h3-13,15-16,23-24H,14,17H2,1-2H3. The van der Waals surface area contributed by atoms with Crippen LogP contribution in [0.5, 0.6) is 11.5 Å². The summed E-state index contributed by atoms with van der Waals surface area (Å²) in [6.07, 6.45) is 1.64. The third-order valence-corrected chi connectivity index (χ3v) is 5.75. The van der Waals surface area contributed by atoms with Crippen LogP contribution in [0.4, 0.5) is 4.39 Å². The maximum absolute atomic E-state index is 14.8. The van der Waals surface area contributed by atoms with E-state index in [-0.39, 0.29) is 24.3 Å². The van der Waals surface area contributed by atoms with Crippen molar-refractivity contribution in [1.82, 2.24) is 5.01 Å². The quantitative estimate of drug-likeness (QED) is 0.452. The summed E-state index contributed by atoms with van der Waals surface area (Å²) in [7, 11) is 3.17. The van der Waals surface area contributed by atoms with Gasteiger partial charge in [-0.05, 0) is 29.8 Å². The van der Waals surface area contributed by atoms with Crippen LogP contribution in [0.1, 0.15) is 41.6 Å². The van der Waals surface area contributed by atoms with Crippen LogP contribution in [-0.4, -0.2) is 31.2 Å². The molecule has 32 heavy (non-hydrogen) atoms. The Labute approximate surface area is 187 Å². The fourth-order valence-electron chi connectivity index (χ4n) is 4.17. The van der Waals surface area contributed by atoms with E-state index in [0.29, 0.717) is 23.5 Å². The molecule has 0 aromatic heterocycles. The number of hydrogen-bond acceptors (Lipinski definition) is 5. The lowest BCUT2D eigenvalue weighted by atomic mass is 9.95. The van der Waals surface area contributed by atoms with Crippen molar-refractivity contribution < 1.29 is 18.7 Å². The van der Waals surface area contributed by atoms with Crippen LogP contribution in [0.3, 0.4) is 0 Å². The summed E-state index contributed by atoms with van der Waals surface area (Å²) < 4.78 is 25.6. The third-order valence-electron chi connectivity index (χ3n) is 5.75. The SMILES string of the molecule is COc1ccc(C2=NN(C(CC=O)c3ccccc3)C(c3ccccc3F)C2)cc1OC. The van der Waals surface area contributed by atoms with Gasteiger partial charge in [0.1, 0.15) is 12.1 Å². The van der Waals surface area contributed by atoms with Crippen LogP contribution in [0, 0.1) is 5.82 Å². The Bertz CT molecular complexity index is 1120. The van der Waals surface area contributed by atoms with E-state index >= 15 is 0 Å². The minimum atomic E-state index is -0.343. The van der Waals surface area contributed by atoms with Gasteiger partial charge in [0.2, 0.25) is 0 Å². The monoisotopic (exact) mass is 432 g/mol. The maximum atomic E-state index is 14.8. The molecule has 3 aromatic carbocycles. The molecule has 1 aliphatic heterocycles. The van der Waals surface area contributed by atoms with Gasteiger partial charge >= 0.3 is 0 Å². The molecule has 2 atom stereocenters. The van der Waals surface area contributed by atoms with Gasteiger partial charge in [0.05, 0.1) is 32.0 Å². The highest BCUT2D eigenvalue weighted by atomic mass is 19.1. The minimum Gasteiger partial charge on any atom is -0.493 e. The molecule has 0 saturated heterocycles. The third kappa shape index (κ3) is 4.21. The molecular formula is C26H25FN2O3. The number of carbonyl (C=O) groups is 1. The first kappa shape index (κ1) is 21.6. The van der Waals surface area contributed by atoms with Crippen molar-refractivity contribution in [2.75, 3.05) is 14.2 Å². The topological polar surface area (TPSA) is 51.1 Å². The Morgan fingerprint density at radius 1 is 1.03 bits per heavy atom. The van der Waals surface area contributed by atoms with Crippen molar-refractivity contribution >= 4 is 12.0 Å². The predicted octanol–water partition coefficient (Wildman–Crippen LogP) is 5.32. The van der Waals surface area contributed by atoms with Crippen molar-refractivity contribution in [3.63, 3.8) is 0 Å². The molecule has 0 spiro atoms. The van der Waals surface area contributed by atoms with E-state index in [2.05, 4.69) is 0 Å². The molecule has 1 aliphatic rings. The molecule has 2 unspecified atom stereocenters. The van der Waals surface area contributed by atoms with Crippen molar-refractivity contribution in [3.8, 4) is 11.5 Å². The van der Waals surface area contributed by atoms with Gasteiger partial charge in [-0.25, -0.2) is 4.39 Å². The number of aldehydes is 1.